The molecule has 3 rings (SSSR count). The lowest BCUT2D eigenvalue weighted by atomic mass is 10.2. The summed E-state index contributed by atoms with van der Waals surface area (Å²) >= 11 is 0. The fourth-order valence-corrected chi connectivity index (χ4v) is 3.95. The minimum atomic E-state index is -3.34. The fraction of sp³-hybridized carbons (Fsp3) is 0.333. The molecule has 1 aliphatic rings. The van der Waals surface area contributed by atoms with Crippen molar-refractivity contribution in [2.45, 2.75) is 43.1 Å². The Kier molecular flexibility index (Phi) is 4.86. The predicted octanol–water partition coefficient (Wildman–Crippen LogP) is 2.70. The van der Waals surface area contributed by atoms with E-state index >= 15 is 0 Å². The van der Waals surface area contributed by atoms with E-state index in [9.17, 15) is 13.2 Å². The number of ether oxygens (including phenoxy) is 2. The van der Waals surface area contributed by atoms with Crippen molar-refractivity contribution < 1.29 is 22.7 Å². The number of nitrogens with two attached hydrogens (primary N) is 1. The number of aromatic nitrogens is 1. The second kappa shape index (κ2) is 6.95. The molecule has 138 valence electrons. The molecule has 8 heteroatoms. The van der Waals surface area contributed by atoms with E-state index in [1.54, 1.807) is 12.1 Å². The molecule has 1 aromatic heterocycles. The Morgan fingerprint density at radius 2 is 1.85 bits per heavy atom. The van der Waals surface area contributed by atoms with Gasteiger partial charge in [-0.25, -0.2) is 13.4 Å². The maximum absolute atomic E-state index is 12.2. The van der Waals surface area contributed by atoms with Crippen molar-refractivity contribution >= 4 is 15.7 Å². The number of nitrogens with zero attached hydrogens (tertiary/aromatic N) is 1. The Morgan fingerprint density at radius 1 is 1.15 bits per heavy atom. The molecule has 1 aliphatic carbocycles. The largest absolute Gasteiger partial charge is 0.491 e. The van der Waals surface area contributed by atoms with E-state index in [4.69, 9.17) is 15.2 Å². The van der Waals surface area contributed by atoms with Gasteiger partial charge < -0.3 is 15.2 Å². The van der Waals surface area contributed by atoms with Crippen molar-refractivity contribution in [1.82, 2.24) is 4.98 Å². The Labute approximate surface area is 152 Å². The minimum absolute atomic E-state index is 0.0436. The molecule has 1 heterocycles. The Hall–Kier alpha value is -2.61. The van der Waals surface area contributed by atoms with Gasteiger partial charge in [-0.05, 0) is 51.0 Å². The van der Waals surface area contributed by atoms with Crippen molar-refractivity contribution in [2.24, 2.45) is 5.73 Å². The number of amides is 1. The average molecular weight is 376 g/mol. The van der Waals surface area contributed by atoms with Crippen LogP contribution < -0.4 is 15.2 Å². The minimum Gasteiger partial charge on any atom is -0.491 e. The number of carbonyl (C=O) groups excluding carboxylic acids is 1. The summed E-state index contributed by atoms with van der Waals surface area (Å²) in [4.78, 5) is 15.5. The normalized spacial score (nSPS) is 14.3. The van der Waals surface area contributed by atoms with Gasteiger partial charge in [0, 0.05) is 11.6 Å². The summed E-state index contributed by atoms with van der Waals surface area (Å²) < 4.78 is 35.6. The Bertz CT molecular complexity index is 919. The highest BCUT2D eigenvalue weighted by atomic mass is 32.2. The number of sulfone groups is 1. The molecule has 0 radical (unpaired) electrons. The molecule has 0 unspecified atom stereocenters. The molecule has 7 nitrogen and oxygen atoms in total. The first-order valence-electron chi connectivity index (χ1n) is 8.25. The third-order valence-electron chi connectivity index (χ3n) is 3.74. The maximum atomic E-state index is 12.2. The average Bonchev–Trinajstić information content (AvgIpc) is 3.40. The van der Waals surface area contributed by atoms with Gasteiger partial charge in [0.2, 0.25) is 5.91 Å². The highest BCUT2D eigenvalue weighted by molar-refractivity contribution is 7.92. The first kappa shape index (κ1) is 18.2. The van der Waals surface area contributed by atoms with Gasteiger partial charge in [-0.1, -0.05) is 0 Å². The molecule has 0 bridgehead atoms. The number of primary amides is 1. The lowest BCUT2D eigenvalue weighted by Gasteiger charge is -2.13. The van der Waals surface area contributed by atoms with E-state index in [1.807, 2.05) is 13.8 Å². The highest BCUT2D eigenvalue weighted by Gasteiger charge is 2.37. The molecule has 0 spiro atoms. The lowest BCUT2D eigenvalue weighted by molar-refractivity contribution is 0.0999. The van der Waals surface area contributed by atoms with Crippen LogP contribution in [0.25, 0.3) is 0 Å². The van der Waals surface area contributed by atoms with Crippen LogP contribution in [0.1, 0.15) is 37.0 Å². The van der Waals surface area contributed by atoms with Crippen LogP contribution in [0.15, 0.2) is 41.6 Å². The molecule has 1 amide bonds. The second-order valence-corrected chi connectivity index (χ2v) is 8.58. The Morgan fingerprint density at radius 3 is 2.38 bits per heavy atom. The van der Waals surface area contributed by atoms with Gasteiger partial charge in [0.05, 0.1) is 17.6 Å². The molecule has 2 aromatic rings. The topological polar surface area (TPSA) is 109 Å². The van der Waals surface area contributed by atoms with Crippen LogP contribution in [0.2, 0.25) is 0 Å². The fourth-order valence-electron chi connectivity index (χ4n) is 2.39. The standard InChI is InChI=1S/C18H20N2O5S/c1-11(2)24-14-7-12(18(19)21)8-15(9-14)25-13-3-6-17(20-10-13)26(22,23)16-4-5-16/h3,6-11,16H,4-5H2,1-2H3,(H2,19,21). The van der Waals surface area contributed by atoms with Gasteiger partial charge in [-0.15, -0.1) is 0 Å². The summed E-state index contributed by atoms with van der Waals surface area (Å²) in [6.45, 7) is 3.72. The third kappa shape index (κ3) is 4.13. The van der Waals surface area contributed by atoms with E-state index in [-0.39, 0.29) is 21.9 Å². The quantitative estimate of drug-likeness (QED) is 0.796. The van der Waals surface area contributed by atoms with Crippen LogP contribution in [0.4, 0.5) is 0 Å². The van der Waals surface area contributed by atoms with E-state index in [0.717, 1.165) is 0 Å². The summed E-state index contributed by atoms with van der Waals surface area (Å²) in [5.41, 5.74) is 5.60. The van der Waals surface area contributed by atoms with Crippen molar-refractivity contribution in [3.8, 4) is 17.2 Å². The number of benzene rings is 1. The zero-order valence-corrected chi connectivity index (χ0v) is 15.3. The van der Waals surface area contributed by atoms with Crippen LogP contribution in [-0.2, 0) is 9.84 Å². The van der Waals surface area contributed by atoms with Crippen molar-refractivity contribution in [3.63, 3.8) is 0 Å². The van der Waals surface area contributed by atoms with Crippen molar-refractivity contribution in [1.29, 1.82) is 0 Å². The summed E-state index contributed by atoms with van der Waals surface area (Å²) in [5.74, 6) is 0.536. The third-order valence-corrected chi connectivity index (χ3v) is 5.91. The van der Waals surface area contributed by atoms with Crippen molar-refractivity contribution in [2.75, 3.05) is 0 Å². The summed E-state index contributed by atoms with van der Waals surface area (Å²) in [7, 11) is -3.34. The molecule has 1 saturated carbocycles. The highest BCUT2D eigenvalue weighted by Crippen LogP contribution is 2.33. The van der Waals surface area contributed by atoms with E-state index in [1.165, 1.54) is 24.4 Å². The van der Waals surface area contributed by atoms with Crippen LogP contribution in [0.5, 0.6) is 17.2 Å². The van der Waals surface area contributed by atoms with Crippen LogP contribution in [0, 0.1) is 0 Å². The van der Waals surface area contributed by atoms with Crippen molar-refractivity contribution in [3.05, 3.63) is 42.1 Å². The maximum Gasteiger partial charge on any atom is 0.248 e. The first-order chi connectivity index (χ1) is 12.3. The smallest absolute Gasteiger partial charge is 0.248 e. The molecule has 1 fully saturated rings. The second-order valence-electron chi connectivity index (χ2n) is 6.40. The predicted molar refractivity (Wildman–Crippen MR) is 95.2 cm³/mol. The number of hydrogen-bond acceptors (Lipinski definition) is 6. The van der Waals surface area contributed by atoms with Gasteiger partial charge in [-0.2, -0.15) is 0 Å². The molecule has 0 atom stereocenters. The molecule has 0 aliphatic heterocycles. The van der Waals surface area contributed by atoms with E-state index < -0.39 is 15.7 Å². The van der Waals surface area contributed by atoms with Gasteiger partial charge in [-0.3, -0.25) is 4.79 Å². The molecule has 1 aromatic carbocycles. The monoisotopic (exact) mass is 376 g/mol. The zero-order valence-electron chi connectivity index (χ0n) is 14.5. The number of hydrogen-bond donors (Lipinski definition) is 1. The number of pyridine rings is 1. The van der Waals surface area contributed by atoms with Crippen LogP contribution in [-0.4, -0.2) is 30.7 Å². The number of carbonyl (C=O) groups is 1. The summed E-state index contributed by atoms with van der Waals surface area (Å²) in [6, 6.07) is 7.61. The Balaban J connectivity index is 1.83. The molecule has 0 saturated heterocycles. The summed E-state index contributed by atoms with van der Waals surface area (Å²) in [5, 5.41) is -0.271. The van der Waals surface area contributed by atoms with Gasteiger partial charge >= 0.3 is 0 Å². The zero-order chi connectivity index (χ0) is 18.9. The molecular weight excluding hydrogens is 356 g/mol. The van der Waals surface area contributed by atoms with Crippen LogP contribution in [0.3, 0.4) is 0 Å². The molecular formula is C18H20N2O5S. The van der Waals surface area contributed by atoms with Gasteiger partial charge in [0.25, 0.3) is 0 Å². The molecule has 26 heavy (non-hydrogen) atoms. The SMILES string of the molecule is CC(C)Oc1cc(Oc2ccc(S(=O)(=O)C3CC3)nc2)cc(C(N)=O)c1. The van der Waals surface area contributed by atoms with E-state index in [2.05, 4.69) is 4.98 Å². The number of rotatable bonds is 7. The van der Waals surface area contributed by atoms with Gasteiger partial charge in [0.1, 0.15) is 17.2 Å². The van der Waals surface area contributed by atoms with Crippen LogP contribution >= 0.6 is 0 Å². The van der Waals surface area contributed by atoms with E-state index in [0.29, 0.717) is 30.1 Å². The van der Waals surface area contributed by atoms with Gasteiger partial charge in [0.15, 0.2) is 14.9 Å². The molecule has 2 N–H and O–H groups in total. The summed E-state index contributed by atoms with van der Waals surface area (Å²) in [6.07, 6.45) is 2.62. The lowest BCUT2D eigenvalue weighted by Crippen LogP contribution is -2.12. The first-order valence-corrected chi connectivity index (χ1v) is 9.79.